The first-order valence-corrected chi connectivity index (χ1v) is 11.2. The highest BCUT2D eigenvalue weighted by atomic mass is 35.5. The van der Waals surface area contributed by atoms with Crippen molar-refractivity contribution in [1.82, 2.24) is 20.0 Å². The van der Waals surface area contributed by atoms with Crippen molar-refractivity contribution in [3.63, 3.8) is 0 Å². The van der Waals surface area contributed by atoms with Gasteiger partial charge in [0.1, 0.15) is 0 Å². The number of carbonyl (C=O) groups is 1. The Kier molecular flexibility index (Phi) is 6.72. The number of amides is 1. The zero-order chi connectivity index (χ0) is 20.9. The van der Waals surface area contributed by atoms with Crippen molar-refractivity contribution in [2.45, 2.75) is 18.7 Å². The van der Waals surface area contributed by atoms with Gasteiger partial charge in [-0.15, -0.1) is 10.2 Å². The molecule has 1 aliphatic heterocycles. The Morgan fingerprint density at radius 1 is 1.10 bits per heavy atom. The van der Waals surface area contributed by atoms with Gasteiger partial charge in [0.05, 0.1) is 5.75 Å². The van der Waals surface area contributed by atoms with E-state index in [0.29, 0.717) is 16.9 Å². The monoisotopic (exact) mass is 442 g/mol. The summed E-state index contributed by atoms with van der Waals surface area (Å²) in [7, 11) is 0. The Bertz CT molecular complexity index is 1000. The molecule has 0 spiro atoms. The topological polar surface area (TPSA) is 62.5 Å². The maximum atomic E-state index is 12.6. The zero-order valence-corrected chi connectivity index (χ0v) is 18.3. The third-order valence-electron chi connectivity index (χ3n) is 5.04. The molecule has 0 aliphatic carbocycles. The molecule has 0 saturated carbocycles. The molecule has 3 aromatic rings. The van der Waals surface area contributed by atoms with Crippen LogP contribution in [0.2, 0.25) is 5.02 Å². The highest BCUT2D eigenvalue weighted by Crippen LogP contribution is 2.24. The Balaban J connectivity index is 1.24. The highest BCUT2D eigenvalue weighted by Gasteiger charge is 2.22. The summed E-state index contributed by atoms with van der Waals surface area (Å²) in [5.41, 5.74) is 3.24. The van der Waals surface area contributed by atoms with Crippen molar-refractivity contribution in [2.75, 3.05) is 31.9 Å². The minimum absolute atomic E-state index is 0.0949. The van der Waals surface area contributed by atoms with Crippen molar-refractivity contribution in [2.24, 2.45) is 0 Å². The molecule has 1 amide bonds. The van der Waals surface area contributed by atoms with Gasteiger partial charge in [0.15, 0.2) is 0 Å². The van der Waals surface area contributed by atoms with E-state index in [1.807, 2.05) is 54.3 Å². The van der Waals surface area contributed by atoms with Crippen molar-refractivity contribution in [3.05, 3.63) is 64.7 Å². The number of piperazine rings is 1. The fourth-order valence-corrected chi connectivity index (χ4v) is 4.22. The van der Waals surface area contributed by atoms with Crippen LogP contribution in [-0.4, -0.2) is 57.8 Å². The predicted molar refractivity (Wildman–Crippen MR) is 119 cm³/mol. The molecule has 0 unspecified atom stereocenters. The van der Waals surface area contributed by atoms with Crippen molar-refractivity contribution in [3.8, 4) is 11.5 Å². The van der Waals surface area contributed by atoms with Gasteiger partial charge in [-0.2, -0.15) is 0 Å². The van der Waals surface area contributed by atoms with Crippen LogP contribution in [-0.2, 0) is 11.3 Å². The highest BCUT2D eigenvalue weighted by molar-refractivity contribution is 7.99. The molecule has 1 aliphatic rings. The number of aryl methyl sites for hydroxylation is 1. The van der Waals surface area contributed by atoms with Crippen LogP contribution in [0.25, 0.3) is 11.5 Å². The van der Waals surface area contributed by atoms with Gasteiger partial charge in [-0.1, -0.05) is 53.2 Å². The van der Waals surface area contributed by atoms with Gasteiger partial charge in [-0.25, -0.2) is 0 Å². The Labute approximate surface area is 185 Å². The van der Waals surface area contributed by atoms with Gasteiger partial charge >= 0.3 is 0 Å². The predicted octanol–water partition coefficient (Wildman–Crippen LogP) is 4.13. The van der Waals surface area contributed by atoms with Crippen molar-refractivity contribution >= 4 is 29.3 Å². The molecule has 0 N–H and O–H groups in total. The molecule has 1 fully saturated rings. The maximum absolute atomic E-state index is 12.6. The van der Waals surface area contributed by atoms with Crippen LogP contribution < -0.4 is 0 Å². The lowest BCUT2D eigenvalue weighted by atomic mass is 10.1. The summed E-state index contributed by atoms with van der Waals surface area (Å²) in [4.78, 5) is 16.8. The normalized spacial score (nSPS) is 14.8. The van der Waals surface area contributed by atoms with Gasteiger partial charge in [0.25, 0.3) is 5.22 Å². The van der Waals surface area contributed by atoms with Gasteiger partial charge in [0, 0.05) is 43.3 Å². The second-order valence-electron chi connectivity index (χ2n) is 7.31. The van der Waals surface area contributed by atoms with Crippen LogP contribution >= 0.6 is 23.4 Å². The van der Waals surface area contributed by atoms with E-state index in [1.54, 1.807) is 0 Å². The second-order valence-corrected chi connectivity index (χ2v) is 8.68. The number of nitrogens with zero attached hydrogens (tertiary/aromatic N) is 4. The molecule has 8 heteroatoms. The molecule has 0 bridgehead atoms. The van der Waals surface area contributed by atoms with Crippen LogP contribution in [0.5, 0.6) is 0 Å². The maximum Gasteiger partial charge on any atom is 0.277 e. The minimum Gasteiger partial charge on any atom is -0.411 e. The number of hydrogen-bond donors (Lipinski definition) is 0. The number of hydrogen-bond acceptors (Lipinski definition) is 6. The first-order chi connectivity index (χ1) is 14.6. The second kappa shape index (κ2) is 9.64. The molecule has 6 nitrogen and oxygen atoms in total. The summed E-state index contributed by atoms with van der Waals surface area (Å²) in [6, 6.07) is 15.8. The van der Waals surface area contributed by atoms with Gasteiger partial charge < -0.3 is 9.32 Å². The quantitative estimate of drug-likeness (QED) is 0.535. The molecule has 0 atom stereocenters. The van der Waals surface area contributed by atoms with Gasteiger partial charge in [0.2, 0.25) is 11.8 Å². The number of carbonyl (C=O) groups excluding carboxylic acids is 1. The molecule has 0 radical (unpaired) electrons. The van der Waals surface area contributed by atoms with Crippen molar-refractivity contribution in [1.29, 1.82) is 0 Å². The van der Waals surface area contributed by atoms with E-state index < -0.39 is 0 Å². The Hall–Kier alpha value is -2.35. The number of rotatable bonds is 6. The Morgan fingerprint density at radius 2 is 1.87 bits per heavy atom. The summed E-state index contributed by atoms with van der Waals surface area (Å²) in [6.45, 7) is 6.02. The minimum atomic E-state index is 0.0949. The molecule has 1 aromatic heterocycles. The largest absolute Gasteiger partial charge is 0.411 e. The Morgan fingerprint density at radius 3 is 2.60 bits per heavy atom. The number of aromatic nitrogens is 2. The number of thioether (sulfide) groups is 1. The van der Waals surface area contributed by atoms with E-state index in [9.17, 15) is 4.79 Å². The fraction of sp³-hybridized carbons (Fsp3) is 0.318. The molecular weight excluding hydrogens is 420 g/mol. The summed E-state index contributed by atoms with van der Waals surface area (Å²) in [5, 5.41) is 9.31. The van der Waals surface area contributed by atoms with E-state index >= 15 is 0 Å². The van der Waals surface area contributed by atoms with Gasteiger partial charge in [-0.3, -0.25) is 9.69 Å². The number of benzene rings is 2. The third-order valence-corrected chi connectivity index (χ3v) is 6.08. The molecule has 2 heterocycles. The lowest BCUT2D eigenvalue weighted by molar-refractivity contribution is -0.130. The van der Waals surface area contributed by atoms with E-state index in [4.69, 9.17) is 16.0 Å². The molecule has 2 aromatic carbocycles. The molecule has 1 saturated heterocycles. The standard InChI is InChI=1S/C22H23ClN4O2S/c1-16-5-7-18(8-6-16)21-24-25-22(29-21)30-15-20(28)27-11-9-26(10-12-27)14-17-3-2-4-19(23)13-17/h2-8,13H,9-12,14-15H2,1H3. The van der Waals surface area contributed by atoms with Crippen LogP contribution in [0.15, 0.2) is 58.2 Å². The lowest BCUT2D eigenvalue weighted by Gasteiger charge is -2.34. The SMILES string of the molecule is Cc1ccc(-c2nnc(SCC(=O)N3CCN(Cc4cccc(Cl)c4)CC3)o2)cc1. The van der Waals surface area contributed by atoms with Crippen LogP contribution in [0.3, 0.4) is 0 Å². The summed E-state index contributed by atoms with van der Waals surface area (Å²) < 4.78 is 5.69. The smallest absolute Gasteiger partial charge is 0.277 e. The summed E-state index contributed by atoms with van der Waals surface area (Å²) >= 11 is 7.35. The van der Waals surface area contributed by atoms with E-state index in [0.717, 1.165) is 43.3 Å². The fourth-order valence-electron chi connectivity index (χ4n) is 3.34. The third kappa shape index (κ3) is 5.41. The van der Waals surface area contributed by atoms with Crippen molar-refractivity contribution < 1.29 is 9.21 Å². The summed E-state index contributed by atoms with van der Waals surface area (Å²) in [6.07, 6.45) is 0. The average molecular weight is 443 g/mol. The van der Waals surface area contributed by atoms with Crippen LogP contribution in [0.4, 0.5) is 0 Å². The molecule has 4 rings (SSSR count). The van der Waals surface area contributed by atoms with E-state index in [2.05, 4.69) is 21.2 Å². The number of halogens is 1. The first-order valence-electron chi connectivity index (χ1n) is 9.85. The summed E-state index contributed by atoms with van der Waals surface area (Å²) in [5.74, 6) is 0.862. The lowest BCUT2D eigenvalue weighted by Crippen LogP contribution is -2.48. The van der Waals surface area contributed by atoms with E-state index in [-0.39, 0.29) is 5.91 Å². The van der Waals surface area contributed by atoms with Crippen LogP contribution in [0.1, 0.15) is 11.1 Å². The molecule has 156 valence electrons. The zero-order valence-electron chi connectivity index (χ0n) is 16.8. The molecular formula is C22H23ClN4O2S. The van der Waals surface area contributed by atoms with Gasteiger partial charge in [-0.05, 0) is 36.8 Å². The average Bonchev–Trinajstić information content (AvgIpc) is 3.22. The van der Waals surface area contributed by atoms with Crippen LogP contribution in [0, 0.1) is 6.92 Å². The van der Waals surface area contributed by atoms with E-state index in [1.165, 1.54) is 22.9 Å². The molecule has 30 heavy (non-hydrogen) atoms. The first kappa shape index (κ1) is 20.9.